The van der Waals surface area contributed by atoms with Crippen molar-refractivity contribution in [2.24, 2.45) is 0 Å². The van der Waals surface area contributed by atoms with Crippen molar-refractivity contribution < 1.29 is 19.4 Å². The Hall–Kier alpha value is -1.27. The number of rotatable bonds is 5. The van der Waals surface area contributed by atoms with Crippen LogP contribution in [0.2, 0.25) is 0 Å². The minimum atomic E-state index is -1.18. The van der Waals surface area contributed by atoms with Gasteiger partial charge in [-0.15, -0.1) is 11.3 Å². The first kappa shape index (κ1) is 12.8. The molecule has 88 valence electrons. The second-order valence-corrected chi connectivity index (χ2v) is 4.22. The van der Waals surface area contributed by atoms with Crippen LogP contribution in [0.5, 0.6) is 0 Å². The van der Waals surface area contributed by atoms with Gasteiger partial charge in [0.15, 0.2) is 11.5 Å². The average Bonchev–Trinajstić information content (AvgIpc) is 2.62. The van der Waals surface area contributed by atoms with Crippen molar-refractivity contribution in [2.75, 3.05) is 6.61 Å². The van der Waals surface area contributed by atoms with Gasteiger partial charge in [-0.05, 0) is 13.8 Å². The van der Waals surface area contributed by atoms with Crippen LogP contribution in [0, 0.1) is 0 Å². The second-order valence-electron chi connectivity index (χ2n) is 3.19. The van der Waals surface area contributed by atoms with Crippen molar-refractivity contribution in [1.29, 1.82) is 0 Å². The van der Waals surface area contributed by atoms with E-state index < -0.39 is 5.97 Å². The Morgan fingerprint density at radius 3 is 2.56 bits per heavy atom. The molecule has 0 amide bonds. The molecule has 1 aromatic heterocycles. The average molecular weight is 243 g/mol. The number of ketones is 1. The molecule has 1 atom stereocenters. The van der Waals surface area contributed by atoms with Crippen molar-refractivity contribution >= 4 is 23.1 Å². The van der Waals surface area contributed by atoms with Gasteiger partial charge in [0, 0.05) is 13.5 Å². The molecule has 0 fully saturated rings. The zero-order chi connectivity index (χ0) is 12.3. The molecule has 16 heavy (non-hydrogen) atoms. The third-order valence-corrected chi connectivity index (χ3v) is 3.25. The summed E-state index contributed by atoms with van der Waals surface area (Å²) in [6.45, 7) is 5.46. The smallest absolute Gasteiger partial charge is 0.356 e. The second kappa shape index (κ2) is 5.18. The van der Waals surface area contributed by atoms with Crippen LogP contribution in [-0.2, 0) is 4.74 Å². The van der Waals surface area contributed by atoms with Crippen molar-refractivity contribution in [3.8, 4) is 0 Å². The molecule has 5 nitrogen and oxygen atoms in total. The number of thiazole rings is 1. The predicted octanol–water partition coefficient (Wildman–Crippen LogP) is 2.14. The summed E-state index contributed by atoms with van der Waals surface area (Å²) in [4.78, 5) is 26.2. The summed E-state index contributed by atoms with van der Waals surface area (Å²) in [5.41, 5.74) is -0.181. The maximum atomic E-state index is 11.2. The van der Waals surface area contributed by atoms with Crippen LogP contribution in [0.4, 0.5) is 0 Å². The Kier molecular flexibility index (Phi) is 4.14. The molecule has 0 saturated heterocycles. The maximum Gasteiger partial charge on any atom is 0.356 e. The minimum absolute atomic E-state index is 0.175. The number of carboxylic acids is 1. The summed E-state index contributed by atoms with van der Waals surface area (Å²) in [6.07, 6.45) is -0.291. The van der Waals surface area contributed by atoms with Gasteiger partial charge >= 0.3 is 5.97 Å². The molecule has 1 heterocycles. The summed E-state index contributed by atoms with van der Waals surface area (Å²) in [7, 11) is 0. The van der Waals surface area contributed by atoms with Gasteiger partial charge in [0.25, 0.3) is 0 Å². The first-order valence-corrected chi connectivity index (χ1v) is 5.65. The Bertz CT molecular complexity index is 381. The van der Waals surface area contributed by atoms with Crippen LogP contribution >= 0.6 is 11.3 Å². The van der Waals surface area contributed by atoms with E-state index in [1.165, 1.54) is 6.92 Å². The summed E-state index contributed by atoms with van der Waals surface area (Å²) in [5.74, 6) is -1.47. The van der Waals surface area contributed by atoms with Crippen LogP contribution in [-0.4, -0.2) is 28.4 Å². The number of carbonyl (C=O) groups excluding carboxylic acids is 1. The summed E-state index contributed by atoms with van der Waals surface area (Å²) in [5, 5.41) is 9.41. The van der Waals surface area contributed by atoms with E-state index in [-0.39, 0.29) is 22.5 Å². The van der Waals surface area contributed by atoms with Crippen molar-refractivity contribution in [3.63, 3.8) is 0 Å². The van der Waals surface area contributed by atoms with E-state index >= 15 is 0 Å². The number of aromatic nitrogens is 1. The SMILES string of the molecule is CCOC(C)c1nc(C(=O)O)c(C(C)=O)s1. The van der Waals surface area contributed by atoms with E-state index in [0.29, 0.717) is 11.6 Å². The van der Waals surface area contributed by atoms with Crippen LogP contribution in [0.15, 0.2) is 0 Å². The summed E-state index contributed by atoms with van der Waals surface area (Å²) < 4.78 is 5.30. The molecular weight excluding hydrogens is 230 g/mol. The topological polar surface area (TPSA) is 76.5 Å². The highest BCUT2D eigenvalue weighted by Crippen LogP contribution is 2.26. The standard InChI is InChI=1S/C10H13NO4S/c1-4-15-6(3)9-11-7(10(13)14)8(16-9)5(2)12/h6H,4H2,1-3H3,(H,13,14). The molecule has 0 radical (unpaired) electrons. The number of hydrogen-bond acceptors (Lipinski definition) is 5. The van der Waals surface area contributed by atoms with Gasteiger partial charge in [-0.3, -0.25) is 4.79 Å². The molecule has 0 aliphatic rings. The lowest BCUT2D eigenvalue weighted by Crippen LogP contribution is -2.04. The van der Waals surface area contributed by atoms with E-state index in [4.69, 9.17) is 9.84 Å². The van der Waals surface area contributed by atoms with Gasteiger partial charge in [0.1, 0.15) is 16.0 Å². The van der Waals surface area contributed by atoms with Gasteiger partial charge in [-0.25, -0.2) is 9.78 Å². The van der Waals surface area contributed by atoms with Gasteiger partial charge in [-0.2, -0.15) is 0 Å². The number of ether oxygens (including phenoxy) is 1. The zero-order valence-corrected chi connectivity index (χ0v) is 10.1. The van der Waals surface area contributed by atoms with Gasteiger partial charge < -0.3 is 9.84 Å². The largest absolute Gasteiger partial charge is 0.476 e. The Morgan fingerprint density at radius 2 is 2.19 bits per heavy atom. The fourth-order valence-corrected chi connectivity index (χ4v) is 2.17. The number of nitrogens with zero attached hydrogens (tertiary/aromatic N) is 1. The number of Topliss-reactive ketones (excluding diaryl/α,β-unsaturated/α-hetero) is 1. The van der Waals surface area contributed by atoms with Crippen LogP contribution < -0.4 is 0 Å². The van der Waals surface area contributed by atoms with E-state index in [1.807, 2.05) is 6.92 Å². The van der Waals surface area contributed by atoms with Gasteiger partial charge in [0.05, 0.1) is 0 Å². The molecule has 1 aromatic rings. The summed E-state index contributed by atoms with van der Waals surface area (Å²) in [6, 6.07) is 0. The van der Waals surface area contributed by atoms with E-state index in [9.17, 15) is 9.59 Å². The predicted molar refractivity (Wildman–Crippen MR) is 59.1 cm³/mol. The third kappa shape index (κ3) is 2.65. The molecule has 0 bridgehead atoms. The molecule has 0 aliphatic carbocycles. The first-order chi connectivity index (χ1) is 7.47. The number of hydrogen-bond donors (Lipinski definition) is 1. The Balaban J connectivity index is 3.11. The van der Waals surface area contributed by atoms with Crippen LogP contribution in [0.1, 0.15) is 52.0 Å². The normalized spacial score (nSPS) is 12.4. The lowest BCUT2D eigenvalue weighted by atomic mass is 10.3. The molecule has 1 rings (SSSR count). The van der Waals surface area contributed by atoms with E-state index in [0.717, 1.165) is 11.3 Å². The molecule has 0 aromatic carbocycles. The van der Waals surface area contributed by atoms with E-state index in [2.05, 4.69) is 4.98 Å². The third-order valence-electron chi connectivity index (χ3n) is 1.93. The van der Waals surface area contributed by atoms with Gasteiger partial charge in [0.2, 0.25) is 0 Å². The highest BCUT2D eigenvalue weighted by Gasteiger charge is 2.22. The van der Waals surface area contributed by atoms with Crippen molar-refractivity contribution in [2.45, 2.75) is 26.9 Å². The van der Waals surface area contributed by atoms with Gasteiger partial charge in [-0.1, -0.05) is 0 Å². The molecule has 0 spiro atoms. The monoisotopic (exact) mass is 243 g/mol. The zero-order valence-electron chi connectivity index (χ0n) is 9.31. The number of carboxylic acid groups (broad SMARTS) is 1. The fourth-order valence-electron chi connectivity index (χ4n) is 1.22. The molecular formula is C10H13NO4S. The Morgan fingerprint density at radius 1 is 1.56 bits per heavy atom. The van der Waals surface area contributed by atoms with Crippen LogP contribution in [0.25, 0.3) is 0 Å². The highest BCUT2D eigenvalue weighted by atomic mass is 32.1. The molecule has 1 unspecified atom stereocenters. The lowest BCUT2D eigenvalue weighted by Gasteiger charge is -2.06. The van der Waals surface area contributed by atoms with Crippen LogP contribution in [0.3, 0.4) is 0 Å². The van der Waals surface area contributed by atoms with Crippen molar-refractivity contribution in [3.05, 3.63) is 15.6 Å². The number of carbonyl (C=O) groups is 2. The quantitative estimate of drug-likeness (QED) is 0.802. The van der Waals surface area contributed by atoms with E-state index in [1.54, 1.807) is 6.92 Å². The lowest BCUT2D eigenvalue weighted by molar-refractivity contribution is 0.0679. The summed E-state index contributed by atoms with van der Waals surface area (Å²) >= 11 is 1.08. The molecule has 6 heteroatoms. The molecule has 1 N–H and O–H groups in total. The highest BCUT2D eigenvalue weighted by molar-refractivity contribution is 7.14. The maximum absolute atomic E-state index is 11.2. The molecule has 0 aliphatic heterocycles. The fraction of sp³-hybridized carbons (Fsp3) is 0.500. The minimum Gasteiger partial charge on any atom is -0.476 e. The van der Waals surface area contributed by atoms with Crippen molar-refractivity contribution in [1.82, 2.24) is 4.98 Å². The number of aromatic carboxylic acids is 1. The first-order valence-electron chi connectivity index (χ1n) is 4.83. The Labute approximate surface area is 97.1 Å². The molecule has 0 saturated carbocycles.